The second-order valence-electron chi connectivity index (χ2n) is 4.48. The molecule has 0 aliphatic rings. The third kappa shape index (κ3) is 4.46. The summed E-state index contributed by atoms with van der Waals surface area (Å²) in [6.45, 7) is 0.976. The molecule has 0 fully saturated rings. The van der Waals surface area contributed by atoms with E-state index in [4.69, 9.17) is 20.7 Å². The Morgan fingerprint density at radius 3 is 2.71 bits per heavy atom. The molecule has 1 heterocycles. The van der Waals surface area contributed by atoms with Crippen LogP contribution in [0.15, 0.2) is 11.0 Å². The van der Waals surface area contributed by atoms with Crippen molar-refractivity contribution in [3.05, 3.63) is 22.5 Å². The van der Waals surface area contributed by atoms with E-state index in [1.165, 1.54) is 0 Å². The van der Waals surface area contributed by atoms with Crippen LogP contribution in [-0.2, 0) is 4.74 Å². The normalized spacial score (nSPS) is 15.7. The molecule has 0 bridgehead atoms. The Kier molecular flexibility index (Phi) is 6.69. The van der Waals surface area contributed by atoms with E-state index >= 15 is 0 Å². The molecular weight excluding hydrogens is 285 g/mol. The molecule has 1 unspecified atom stereocenters. The highest BCUT2D eigenvalue weighted by Crippen LogP contribution is 2.19. The molecule has 0 aliphatic carbocycles. The summed E-state index contributed by atoms with van der Waals surface area (Å²) < 4.78 is 19.7. The number of nitrogens with zero attached hydrogens (tertiary/aromatic N) is 2. The number of aliphatic hydroxyl groups excluding tert-OH is 3. The van der Waals surface area contributed by atoms with Crippen LogP contribution >= 0.6 is 0 Å². The van der Waals surface area contributed by atoms with E-state index in [1.54, 1.807) is 6.92 Å². The van der Waals surface area contributed by atoms with Crippen LogP contribution in [-0.4, -0.2) is 50.3 Å². The lowest BCUT2D eigenvalue weighted by Crippen LogP contribution is -2.39. The number of hydrogen-bond acceptors (Lipinski definition) is 7. The number of ether oxygens (including phenoxy) is 1. The summed E-state index contributed by atoms with van der Waals surface area (Å²) in [7, 11) is 0. The molecule has 1 aromatic heterocycles. The fraction of sp³-hybridized carbons (Fsp3) is 0.667. The Labute approximate surface area is 120 Å². The summed E-state index contributed by atoms with van der Waals surface area (Å²) in [5.41, 5.74) is 4.32. The van der Waals surface area contributed by atoms with Crippen LogP contribution in [0.5, 0.6) is 0 Å². The lowest BCUT2D eigenvalue weighted by molar-refractivity contribution is -0.136. The molecule has 3 atom stereocenters. The van der Waals surface area contributed by atoms with E-state index in [0.717, 1.165) is 10.8 Å². The fourth-order valence-corrected chi connectivity index (χ4v) is 1.73. The largest absolute Gasteiger partial charge is 0.396 e. The van der Waals surface area contributed by atoms with Crippen molar-refractivity contribution in [3.63, 3.8) is 0 Å². The molecule has 9 heteroatoms. The molecule has 5 N–H and O–H groups in total. The lowest BCUT2D eigenvalue weighted by atomic mass is 10.2. The predicted molar refractivity (Wildman–Crippen MR) is 71.9 cm³/mol. The first kappa shape index (κ1) is 17.5. The van der Waals surface area contributed by atoms with Gasteiger partial charge in [0.15, 0.2) is 17.9 Å². The molecule has 1 rings (SSSR count). The van der Waals surface area contributed by atoms with Crippen molar-refractivity contribution in [2.24, 2.45) is 0 Å². The number of rotatable bonds is 8. The van der Waals surface area contributed by atoms with Crippen molar-refractivity contribution in [2.45, 2.75) is 38.2 Å². The van der Waals surface area contributed by atoms with Crippen LogP contribution in [0.25, 0.3) is 0 Å². The number of hydrogen-bond donors (Lipinski definition) is 4. The minimum Gasteiger partial charge on any atom is -0.396 e. The number of nitrogen functional groups attached to an aromatic ring is 1. The number of nitrogens with two attached hydrogens (primary N) is 1. The van der Waals surface area contributed by atoms with Crippen molar-refractivity contribution in [3.8, 4) is 0 Å². The molecule has 21 heavy (non-hydrogen) atoms. The summed E-state index contributed by atoms with van der Waals surface area (Å²) >= 11 is 0. The van der Waals surface area contributed by atoms with Gasteiger partial charge < -0.3 is 25.8 Å². The van der Waals surface area contributed by atoms with Crippen molar-refractivity contribution in [1.82, 2.24) is 9.55 Å². The molecule has 0 aliphatic heterocycles. The van der Waals surface area contributed by atoms with Gasteiger partial charge in [-0.15, -0.1) is 0 Å². The second-order valence-corrected chi connectivity index (χ2v) is 4.48. The third-order valence-corrected chi connectivity index (χ3v) is 2.94. The van der Waals surface area contributed by atoms with Crippen molar-refractivity contribution in [1.29, 1.82) is 0 Å². The molecule has 0 saturated heterocycles. The fourth-order valence-electron chi connectivity index (χ4n) is 1.73. The quantitative estimate of drug-likeness (QED) is 0.484. The van der Waals surface area contributed by atoms with Gasteiger partial charge >= 0.3 is 5.69 Å². The Morgan fingerprint density at radius 2 is 2.19 bits per heavy atom. The summed E-state index contributed by atoms with van der Waals surface area (Å²) in [6.07, 6.45) is -2.06. The number of anilines is 1. The minimum atomic E-state index is -1.24. The highest BCUT2D eigenvalue weighted by Gasteiger charge is 2.26. The Morgan fingerprint density at radius 1 is 1.52 bits per heavy atom. The first-order valence-corrected chi connectivity index (χ1v) is 6.53. The molecule has 120 valence electrons. The first-order chi connectivity index (χ1) is 9.94. The van der Waals surface area contributed by atoms with Gasteiger partial charge in [0.25, 0.3) is 0 Å². The number of aliphatic hydroxyl groups is 3. The molecule has 1 aromatic rings. The van der Waals surface area contributed by atoms with Crippen molar-refractivity contribution in [2.75, 3.05) is 18.9 Å². The van der Waals surface area contributed by atoms with Gasteiger partial charge in [-0.05, 0) is 12.8 Å². The molecular formula is C12H20FN3O5. The monoisotopic (exact) mass is 305 g/mol. The van der Waals surface area contributed by atoms with Crippen molar-refractivity contribution >= 4 is 5.82 Å². The summed E-state index contributed by atoms with van der Waals surface area (Å²) in [5.74, 6) is -1.47. The van der Waals surface area contributed by atoms with Gasteiger partial charge in [-0.25, -0.2) is 9.18 Å². The highest BCUT2D eigenvalue weighted by atomic mass is 19.1. The Balaban J connectivity index is 3.13. The Bertz CT molecular complexity index is 510. The zero-order valence-electron chi connectivity index (χ0n) is 11.6. The molecule has 0 aromatic carbocycles. The maximum atomic E-state index is 13.5. The maximum Gasteiger partial charge on any atom is 0.351 e. The van der Waals surface area contributed by atoms with Crippen LogP contribution in [0.4, 0.5) is 10.2 Å². The number of aromatic nitrogens is 2. The number of halogens is 1. The van der Waals surface area contributed by atoms with Crippen LogP contribution < -0.4 is 11.4 Å². The SMILES string of the molecule is CCC(O)[C@@H](O[C@H](CO)CCO)n1cc(F)c(N)nc1=O. The van der Waals surface area contributed by atoms with E-state index in [0.29, 0.717) is 0 Å². The van der Waals surface area contributed by atoms with Crippen LogP contribution in [0.2, 0.25) is 0 Å². The summed E-state index contributed by atoms with van der Waals surface area (Å²) in [5, 5.41) is 28.0. The predicted octanol–water partition coefficient (Wildman–Crippen LogP) is -1.01. The molecule has 0 radical (unpaired) electrons. The topological polar surface area (TPSA) is 131 Å². The van der Waals surface area contributed by atoms with Crippen LogP contribution in [0, 0.1) is 5.82 Å². The minimum absolute atomic E-state index is 0.100. The maximum absolute atomic E-state index is 13.5. The van der Waals surface area contributed by atoms with Crippen molar-refractivity contribution < 1.29 is 24.4 Å². The smallest absolute Gasteiger partial charge is 0.351 e. The van der Waals surface area contributed by atoms with E-state index in [9.17, 15) is 14.3 Å². The third-order valence-electron chi connectivity index (χ3n) is 2.94. The zero-order valence-corrected chi connectivity index (χ0v) is 11.6. The van der Waals surface area contributed by atoms with Gasteiger partial charge in [0.05, 0.1) is 25.0 Å². The summed E-state index contributed by atoms with van der Waals surface area (Å²) in [4.78, 5) is 15.1. The van der Waals surface area contributed by atoms with E-state index in [-0.39, 0.29) is 19.4 Å². The molecule has 0 spiro atoms. The van der Waals surface area contributed by atoms with Crippen LogP contribution in [0.1, 0.15) is 26.0 Å². The lowest BCUT2D eigenvalue weighted by Gasteiger charge is -2.28. The van der Waals surface area contributed by atoms with E-state index in [1.807, 2.05) is 0 Å². The highest BCUT2D eigenvalue weighted by molar-refractivity contribution is 5.26. The second kappa shape index (κ2) is 8.03. The standard InChI is InChI=1S/C12H20FN3O5/c1-2-9(19)11(21-7(6-18)3-4-17)16-5-8(13)10(14)15-12(16)20/h5,7,9,11,17-19H,2-4,6H2,1H3,(H2,14,15,20)/t7-,9?,11+/m0/s1. The van der Waals surface area contributed by atoms with Gasteiger partial charge in [-0.2, -0.15) is 4.98 Å². The van der Waals surface area contributed by atoms with Gasteiger partial charge in [0, 0.05) is 6.61 Å². The van der Waals surface area contributed by atoms with Gasteiger partial charge in [-0.3, -0.25) is 4.57 Å². The Hall–Kier alpha value is -1.55. The molecule has 0 amide bonds. The summed E-state index contributed by atoms with van der Waals surface area (Å²) in [6, 6.07) is 0. The van der Waals surface area contributed by atoms with Crippen LogP contribution in [0.3, 0.4) is 0 Å². The zero-order chi connectivity index (χ0) is 16.0. The van der Waals surface area contributed by atoms with E-state index in [2.05, 4.69) is 4.98 Å². The first-order valence-electron chi connectivity index (χ1n) is 6.53. The van der Waals surface area contributed by atoms with Gasteiger partial charge in [0.2, 0.25) is 0 Å². The van der Waals surface area contributed by atoms with Gasteiger partial charge in [-0.1, -0.05) is 6.92 Å². The molecule has 0 saturated carbocycles. The van der Waals surface area contributed by atoms with E-state index < -0.39 is 42.4 Å². The average Bonchev–Trinajstić information content (AvgIpc) is 2.47. The van der Waals surface area contributed by atoms with Gasteiger partial charge in [0.1, 0.15) is 0 Å². The average molecular weight is 305 g/mol. The molecule has 8 nitrogen and oxygen atoms in total.